The Morgan fingerprint density at radius 2 is 1.80 bits per heavy atom. The van der Waals surface area contributed by atoms with Crippen LogP contribution in [-0.2, 0) is 17.8 Å². The highest BCUT2D eigenvalue weighted by molar-refractivity contribution is 5.97. The summed E-state index contributed by atoms with van der Waals surface area (Å²) in [7, 11) is 0. The molecule has 1 amide bonds. The molecule has 0 unspecified atom stereocenters. The van der Waals surface area contributed by atoms with Gasteiger partial charge in [-0.15, -0.1) is 0 Å². The minimum Gasteiger partial charge on any atom is -0.491 e. The number of carbonyl (C=O) groups excluding carboxylic acids is 1. The minimum absolute atomic E-state index is 0.0517. The van der Waals surface area contributed by atoms with Crippen molar-refractivity contribution in [1.82, 2.24) is 9.55 Å². The summed E-state index contributed by atoms with van der Waals surface area (Å²) in [5.41, 5.74) is 5.10. The number of benzene rings is 3. The number of fused-ring (bicyclic) bond motifs is 1. The molecule has 6 nitrogen and oxygen atoms in total. The first-order valence-electron chi connectivity index (χ1n) is 12.2. The molecule has 1 aromatic heterocycles. The Hall–Kier alpha value is -3.64. The van der Waals surface area contributed by atoms with Gasteiger partial charge in [-0.2, -0.15) is 0 Å². The van der Waals surface area contributed by atoms with E-state index in [1.807, 2.05) is 84.6 Å². The lowest BCUT2D eigenvalue weighted by molar-refractivity contribution is -0.117. The normalized spacial score (nSPS) is 16.7. The first kappa shape index (κ1) is 23.1. The zero-order valence-corrected chi connectivity index (χ0v) is 20.2. The van der Waals surface area contributed by atoms with Crippen LogP contribution in [0.5, 0.6) is 5.75 Å². The van der Waals surface area contributed by atoms with Crippen LogP contribution in [0.3, 0.4) is 0 Å². The van der Waals surface area contributed by atoms with Crippen molar-refractivity contribution in [2.24, 2.45) is 0 Å². The number of rotatable bonds is 8. The Labute approximate surface area is 205 Å². The van der Waals surface area contributed by atoms with Crippen LogP contribution < -0.4 is 9.64 Å². The molecule has 0 saturated carbocycles. The van der Waals surface area contributed by atoms with Crippen molar-refractivity contribution >= 4 is 22.6 Å². The highest BCUT2D eigenvalue weighted by Crippen LogP contribution is 2.34. The number of aliphatic hydroxyl groups is 1. The fraction of sp³-hybridized carbons (Fsp3) is 0.310. The van der Waals surface area contributed by atoms with Gasteiger partial charge >= 0.3 is 0 Å². The number of para-hydroxylation sites is 3. The van der Waals surface area contributed by atoms with E-state index >= 15 is 0 Å². The van der Waals surface area contributed by atoms with E-state index < -0.39 is 6.10 Å². The largest absolute Gasteiger partial charge is 0.491 e. The zero-order chi connectivity index (χ0) is 24.4. The summed E-state index contributed by atoms with van der Waals surface area (Å²) in [5.74, 6) is 1.63. The Kier molecular flexibility index (Phi) is 6.55. The SMILES string of the molecule is CCc1ccc(OC[C@@H](O)Cn2c([C@@H]3CC(=O)N(c4ccccc4C)C3)nc3ccccc32)cc1. The van der Waals surface area contributed by atoms with Gasteiger partial charge in [-0.05, 0) is 54.8 Å². The van der Waals surface area contributed by atoms with Gasteiger partial charge in [0.25, 0.3) is 0 Å². The molecule has 2 heterocycles. The van der Waals surface area contributed by atoms with Gasteiger partial charge in [0.15, 0.2) is 0 Å². The number of ether oxygens (including phenoxy) is 1. The predicted molar refractivity (Wildman–Crippen MR) is 138 cm³/mol. The third-order valence-electron chi connectivity index (χ3n) is 6.75. The molecule has 1 aliphatic rings. The second-order valence-electron chi connectivity index (χ2n) is 9.22. The number of carbonyl (C=O) groups is 1. The molecule has 0 aliphatic carbocycles. The zero-order valence-electron chi connectivity index (χ0n) is 20.2. The number of aryl methyl sites for hydroxylation is 2. The second kappa shape index (κ2) is 9.92. The molecule has 2 atom stereocenters. The van der Waals surface area contributed by atoms with Gasteiger partial charge in [0, 0.05) is 24.6 Å². The third kappa shape index (κ3) is 4.80. The smallest absolute Gasteiger partial charge is 0.227 e. The summed E-state index contributed by atoms with van der Waals surface area (Å²) < 4.78 is 7.91. The van der Waals surface area contributed by atoms with Gasteiger partial charge in [-0.1, -0.05) is 49.4 Å². The van der Waals surface area contributed by atoms with Crippen molar-refractivity contribution in [3.63, 3.8) is 0 Å². The molecule has 1 N–H and O–H groups in total. The Morgan fingerprint density at radius 3 is 2.57 bits per heavy atom. The van der Waals surface area contributed by atoms with Crippen molar-refractivity contribution < 1.29 is 14.6 Å². The van der Waals surface area contributed by atoms with Gasteiger partial charge in [-0.3, -0.25) is 4.79 Å². The van der Waals surface area contributed by atoms with E-state index in [0.717, 1.165) is 40.3 Å². The van der Waals surface area contributed by atoms with Crippen LogP contribution in [0.1, 0.15) is 36.2 Å². The number of aromatic nitrogens is 2. The molecule has 1 aliphatic heterocycles. The van der Waals surface area contributed by atoms with E-state index in [0.29, 0.717) is 19.5 Å². The molecule has 5 rings (SSSR count). The number of imidazole rings is 1. The lowest BCUT2D eigenvalue weighted by Crippen LogP contribution is -2.27. The number of amides is 1. The van der Waals surface area contributed by atoms with Gasteiger partial charge in [0.1, 0.15) is 24.3 Å². The summed E-state index contributed by atoms with van der Waals surface area (Å²) in [6.07, 6.45) is 0.653. The molecule has 4 aromatic rings. The van der Waals surface area contributed by atoms with Crippen LogP contribution in [0.15, 0.2) is 72.8 Å². The van der Waals surface area contributed by atoms with E-state index in [2.05, 4.69) is 11.5 Å². The van der Waals surface area contributed by atoms with E-state index in [1.165, 1.54) is 5.56 Å². The van der Waals surface area contributed by atoms with Gasteiger partial charge in [0.2, 0.25) is 5.91 Å². The lowest BCUT2D eigenvalue weighted by atomic mass is 10.1. The molecule has 6 heteroatoms. The van der Waals surface area contributed by atoms with Crippen LogP contribution in [-0.4, -0.2) is 39.8 Å². The molecule has 1 saturated heterocycles. The van der Waals surface area contributed by atoms with E-state index in [4.69, 9.17) is 9.72 Å². The van der Waals surface area contributed by atoms with Crippen molar-refractivity contribution in [2.45, 2.75) is 45.3 Å². The van der Waals surface area contributed by atoms with E-state index in [-0.39, 0.29) is 18.4 Å². The van der Waals surface area contributed by atoms with Crippen LogP contribution in [0, 0.1) is 6.92 Å². The maximum atomic E-state index is 13.0. The van der Waals surface area contributed by atoms with E-state index in [1.54, 1.807) is 0 Å². The molecule has 0 spiro atoms. The number of aliphatic hydroxyl groups excluding tert-OH is 1. The third-order valence-corrected chi connectivity index (χ3v) is 6.75. The van der Waals surface area contributed by atoms with Crippen molar-refractivity contribution in [3.05, 3.63) is 89.7 Å². The lowest BCUT2D eigenvalue weighted by Gasteiger charge is -2.20. The number of hydrogen-bond donors (Lipinski definition) is 1. The first-order chi connectivity index (χ1) is 17.0. The van der Waals surface area contributed by atoms with Crippen LogP contribution in [0.4, 0.5) is 5.69 Å². The van der Waals surface area contributed by atoms with Gasteiger partial charge in [0.05, 0.1) is 17.6 Å². The molecule has 0 bridgehead atoms. The Morgan fingerprint density at radius 1 is 1.06 bits per heavy atom. The van der Waals surface area contributed by atoms with Crippen LogP contribution >= 0.6 is 0 Å². The number of nitrogens with zero attached hydrogens (tertiary/aromatic N) is 3. The Bertz CT molecular complexity index is 1330. The predicted octanol–water partition coefficient (Wildman–Crippen LogP) is 4.87. The summed E-state index contributed by atoms with van der Waals surface area (Å²) in [6.45, 7) is 5.24. The second-order valence-corrected chi connectivity index (χ2v) is 9.22. The molecule has 35 heavy (non-hydrogen) atoms. The molecule has 0 radical (unpaired) electrons. The standard InChI is InChI=1S/C29H31N3O3/c1-3-21-12-14-24(15-13-21)35-19-23(33)18-32-27-11-7-5-9-25(27)30-29(32)22-16-28(34)31(17-22)26-10-6-4-8-20(26)2/h4-15,22-23,33H,3,16-19H2,1-2H3/t22-,23+/m1/s1. The van der Waals surface area contributed by atoms with Gasteiger partial charge < -0.3 is 19.3 Å². The molecular weight excluding hydrogens is 438 g/mol. The summed E-state index contributed by atoms with van der Waals surface area (Å²) in [4.78, 5) is 19.8. The Balaban J connectivity index is 1.36. The highest BCUT2D eigenvalue weighted by Gasteiger charge is 2.35. The average Bonchev–Trinajstić information content (AvgIpc) is 3.44. The maximum absolute atomic E-state index is 13.0. The van der Waals surface area contributed by atoms with Crippen molar-refractivity contribution in [1.29, 1.82) is 0 Å². The van der Waals surface area contributed by atoms with E-state index in [9.17, 15) is 9.90 Å². The maximum Gasteiger partial charge on any atom is 0.227 e. The van der Waals surface area contributed by atoms with Gasteiger partial charge in [-0.25, -0.2) is 4.98 Å². The number of hydrogen-bond acceptors (Lipinski definition) is 4. The average molecular weight is 470 g/mol. The fourth-order valence-corrected chi connectivity index (χ4v) is 4.85. The van der Waals surface area contributed by atoms with Crippen LogP contribution in [0.2, 0.25) is 0 Å². The molecule has 3 aromatic carbocycles. The van der Waals surface area contributed by atoms with Crippen LogP contribution in [0.25, 0.3) is 11.0 Å². The monoisotopic (exact) mass is 469 g/mol. The highest BCUT2D eigenvalue weighted by atomic mass is 16.5. The quantitative estimate of drug-likeness (QED) is 0.400. The van der Waals surface area contributed by atoms with Crippen molar-refractivity contribution in [2.75, 3.05) is 18.1 Å². The number of anilines is 1. The molecule has 1 fully saturated rings. The van der Waals surface area contributed by atoms with Crippen molar-refractivity contribution in [3.8, 4) is 5.75 Å². The fourth-order valence-electron chi connectivity index (χ4n) is 4.85. The topological polar surface area (TPSA) is 67.6 Å². The first-order valence-corrected chi connectivity index (χ1v) is 12.2. The minimum atomic E-state index is -0.721. The summed E-state index contributed by atoms with van der Waals surface area (Å²) >= 11 is 0. The molecule has 180 valence electrons. The summed E-state index contributed by atoms with van der Waals surface area (Å²) in [5, 5.41) is 10.9. The molecular formula is C29H31N3O3. The summed E-state index contributed by atoms with van der Waals surface area (Å²) in [6, 6.07) is 23.8.